The lowest BCUT2D eigenvalue weighted by molar-refractivity contribution is -0.130. The van der Waals surface area contributed by atoms with E-state index in [1.165, 1.54) is 25.8 Å². The van der Waals surface area contributed by atoms with Gasteiger partial charge in [-0.3, -0.25) is 4.79 Å². The second-order valence-electron chi connectivity index (χ2n) is 6.19. The monoisotopic (exact) mass is 355 g/mol. The first kappa shape index (κ1) is 24.2. The normalized spacial score (nSPS) is 18.2. The molecule has 134 valence electrons. The van der Waals surface area contributed by atoms with Crippen molar-refractivity contribution >= 4 is 30.7 Å². The van der Waals surface area contributed by atoms with Gasteiger partial charge in [0.25, 0.3) is 0 Å². The highest BCUT2D eigenvalue weighted by molar-refractivity contribution is 5.85. The summed E-state index contributed by atoms with van der Waals surface area (Å²) in [6.45, 7) is 2.88. The maximum absolute atomic E-state index is 12.0. The van der Waals surface area contributed by atoms with Crippen LogP contribution in [-0.4, -0.2) is 55.5 Å². The highest BCUT2D eigenvalue weighted by Gasteiger charge is 2.19. The van der Waals surface area contributed by atoms with Crippen LogP contribution in [-0.2, 0) is 4.79 Å². The Hall–Kier alpha value is -0.0300. The first-order chi connectivity index (χ1) is 9.65. The number of unbranched alkanes of at least 4 members (excludes halogenated alkanes) is 3. The first-order valence-electron chi connectivity index (χ1n) is 8.29. The number of halogens is 2. The Morgan fingerprint density at radius 2 is 1.86 bits per heavy atom. The molecule has 1 atom stereocenters. The second-order valence-corrected chi connectivity index (χ2v) is 6.19. The molecule has 0 radical (unpaired) electrons. The molecular formula is C16H35Cl2N3O. The van der Waals surface area contributed by atoms with E-state index in [1.807, 2.05) is 11.9 Å². The number of hydrogen-bond acceptors (Lipinski definition) is 3. The molecule has 0 aliphatic carbocycles. The summed E-state index contributed by atoms with van der Waals surface area (Å²) in [6, 6.07) is 0.670. The van der Waals surface area contributed by atoms with Crippen molar-refractivity contribution in [2.24, 2.45) is 5.73 Å². The molecule has 1 fully saturated rings. The Kier molecular flexibility index (Phi) is 16.0. The molecular weight excluding hydrogens is 321 g/mol. The lowest BCUT2D eigenvalue weighted by Gasteiger charge is -2.33. The average Bonchev–Trinajstić information content (AvgIpc) is 2.45. The van der Waals surface area contributed by atoms with E-state index in [0.29, 0.717) is 18.4 Å². The van der Waals surface area contributed by atoms with Gasteiger partial charge in [0, 0.05) is 26.1 Å². The lowest BCUT2D eigenvalue weighted by atomic mass is 10.00. The van der Waals surface area contributed by atoms with Gasteiger partial charge in [-0.2, -0.15) is 0 Å². The molecule has 1 unspecified atom stereocenters. The van der Waals surface area contributed by atoms with Crippen LogP contribution in [0.4, 0.5) is 0 Å². The molecule has 0 spiro atoms. The van der Waals surface area contributed by atoms with Crippen molar-refractivity contribution in [3.05, 3.63) is 0 Å². The van der Waals surface area contributed by atoms with Gasteiger partial charge >= 0.3 is 0 Å². The van der Waals surface area contributed by atoms with Crippen molar-refractivity contribution in [3.63, 3.8) is 0 Å². The van der Waals surface area contributed by atoms with E-state index in [2.05, 4.69) is 11.9 Å². The number of nitrogens with zero attached hydrogens (tertiary/aromatic N) is 2. The van der Waals surface area contributed by atoms with Gasteiger partial charge in [-0.15, -0.1) is 24.8 Å². The van der Waals surface area contributed by atoms with Crippen LogP contribution in [0.2, 0.25) is 0 Å². The number of likely N-dealkylation sites (tertiary alicyclic amines) is 1. The highest BCUT2D eigenvalue weighted by Crippen LogP contribution is 2.18. The van der Waals surface area contributed by atoms with Crippen LogP contribution in [0.1, 0.15) is 57.8 Å². The fraction of sp³-hybridized carbons (Fsp3) is 0.938. The van der Waals surface area contributed by atoms with Gasteiger partial charge in [0.2, 0.25) is 5.91 Å². The molecule has 0 saturated carbocycles. The smallest absolute Gasteiger partial charge is 0.222 e. The molecule has 2 N–H and O–H groups in total. The number of nitrogens with two attached hydrogens (primary N) is 1. The van der Waals surface area contributed by atoms with Crippen LogP contribution >= 0.6 is 24.8 Å². The second kappa shape index (κ2) is 14.6. The maximum atomic E-state index is 12.0. The molecule has 1 heterocycles. The van der Waals surface area contributed by atoms with E-state index in [-0.39, 0.29) is 24.8 Å². The number of amides is 1. The summed E-state index contributed by atoms with van der Waals surface area (Å²) >= 11 is 0. The molecule has 1 aliphatic rings. The van der Waals surface area contributed by atoms with Crippen LogP contribution in [0.3, 0.4) is 0 Å². The van der Waals surface area contributed by atoms with Crippen LogP contribution < -0.4 is 5.73 Å². The summed E-state index contributed by atoms with van der Waals surface area (Å²) in [4.78, 5) is 16.4. The summed E-state index contributed by atoms with van der Waals surface area (Å²) in [5.41, 5.74) is 5.46. The lowest BCUT2D eigenvalue weighted by Crippen LogP contribution is -2.39. The standard InChI is InChI=1S/C16H33N3O.2ClH/c1-18-13-8-6-9-15(18)11-14-19(2)16(20)10-5-3-4-7-12-17;;/h15H,3-14,17H2,1-2H3;2*1H. The van der Waals surface area contributed by atoms with Crippen molar-refractivity contribution in [1.29, 1.82) is 0 Å². The average molecular weight is 356 g/mol. The van der Waals surface area contributed by atoms with E-state index in [4.69, 9.17) is 5.73 Å². The first-order valence-corrected chi connectivity index (χ1v) is 8.29. The number of carbonyl (C=O) groups is 1. The van der Waals surface area contributed by atoms with Gasteiger partial charge in [-0.05, 0) is 52.2 Å². The molecule has 1 saturated heterocycles. The molecule has 22 heavy (non-hydrogen) atoms. The van der Waals surface area contributed by atoms with Gasteiger partial charge in [0.1, 0.15) is 0 Å². The molecule has 1 rings (SSSR count). The minimum Gasteiger partial charge on any atom is -0.346 e. The largest absolute Gasteiger partial charge is 0.346 e. The Bertz CT molecular complexity index is 280. The van der Waals surface area contributed by atoms with E-state index in [9.17, 15) is 4.79 Å². The Morgan fingerprint density at radius 1 is 1.18 bits per heavy atom. The van der Waals surface area contributed by atoms with Gasteiger partial charge in [-0.1, -0.05) is 19.3 Å². The van der Waals surface area contributed by atoms with E-state index in [1.54, 1.807) is 0 Å². The van der Waals surface area contributed by atoms with E-state index < -0.39 is 0 Å². The van der Waals surface area contributed by atoms with Crippen LogP contribution in [0.5, 0.6) is 0 Å². The van der Waals surface area contributed by atoms with Gasteiger partial charge in [0.05, 0.1) is 0 Å². The molecule has 0 bridgehead atoms. The minimum absolute atomic E-state index is 0. The number of piperidine rings is 1. The Labute approximate surface area is 149 Å². The Morgan fingerprint density at radius 3 is 2.50 bits per heavy atom. The fourth-order valence-corrected chi connectivity index (χ4v) is 2.94. The summed E-state index contributed by atoms with van der Waals surface area (Å²) in [5.74, 6) is 0.302. The van der Waals surface area contributed by atoms with Crippen molar-refractivity contribution in [2.75, 3.05) is 33.7 Å². The van der Waals surface area contributed by atoms with Gasteiger partial charge in [0.15, 0.2) is 0 Å². The highest BCUT2D eigenvalue weighted by atomic mass is 35.5. The zero-order valence-corrected chi connectivity index (χ0v) is 15.9. The van der Waals surface area contributed by atoms with Crippen LogP contribution in [0, 0.1) is 0 Å². The molecule has 4 nitrogen and oxygen atoms in total. The van der Waals surface area contributed by atoms with Gasteiger partial charge < -0.3 is 15.5 Å². The molecule has 1 aliphatic heterocycles. The number of hydrogen-bond donors (Lipinski definition) is 1. The third kappa shape index (κ3) is 9.88. The van der Waals surface area contributed by atoms with Crippen molar-refractivity contribution < 1.29 is 4.79 Å². The van der Waals surface area contributed by atoms with Crippen molar-refractivity contribution in [1.82, 2.24) is 9.80 Å². The zero-order chi connectivity index (χ0) is 14.8. The number of rotatable bonds is 9. The van der Waals surface area contributed by atoms with Crippen molar-refractivity contribution in [3.8, 4) is 0 Å². The van der Waals surface area contributed by atoms with Gasteiger partial charge in [-0.25, -0.2) is 0 Å². The van der Waals surface area contributed by atoms with E-state index >= 15 is 0 Å². The van der Waals surface area contributed by atoms with Crippen molar-refractivity contribution in [2.45, 2.75) is 63.8 Å². The third-order valence-electron chi connectivity index (χ3n) is 4.49. The fourth-order valence-electron chi connectivity index (χ4n) is 2.94. The van der Waals surface area contributed by atoms with E-state index in [0.717, 1.165) is 45.2 Å². The SMILES string of the molecule is CN(CCC1CCCCN1C)C(=O)CCCCCCN.Cl.Cl. The van der Waals surface area contributed by atoms with Crippen LogP contribution in [0.15, 0.2) is 0 Å². The molecule has 1 amide bonds. The molecule has 6 heteroatoms. The molecule has 0 aromatic rings. The minimum atomic E-state index is 0. The maximum Gasteiger partial charge on any atom is 0.222 e. The van der Waals surface area contributed by atoms with Crippen LogP contribution in [0.25, 0.3) is 0 Å². The molecule has 0 aromatic carbocycles. The summed E-state index contributed by atoms with van der Waals surface area (Å²) in [6.07, 6.45) is 10.1. The summed E-state index contributed by atoms with van der Waals surface area (Å²) < 4.78 is 0. The zero-order valence-electron chi connectivity index (χ0n) is 14.3. The predicted octanol–water partition coefficient (Wildman–Crippen LogP) is 3.07. The number of carbonyl (C=O) groups excluding carboxylic acids is 1. The summed E-state index contributed by atoms with van der Waals surface area (Å²) in [5, 5.41) is 0. The Balaban J connectivity index is 0. The third-order valence-corrected chi connectivity index (χ3v) is 4.49. The quantitative estimate of drug-likeness (QED) is 0.646. The summed E-state index contributed by atoms with van der Waals surface area (Å²) in [7, 11) is 4.16. The topological polar surface area (TPSA) is 49.6 Å². The molecule has 0 aromatic heterocycles. The predicted molar refractivity (Wildman–Crippen MR) is 99.2 cm³/mol.